The summed E-state index contributed by atoms with van der Waals surface area (Å²) in [7, 11) is 0. The largest absolute Gasteiger partial charge is 0.390 e. The van der Waals surface area contributed by atoms with E-state index in [0.29, 0.717) is 23.8 Å². The van der Waals surface area contributed by atoms with Crippen LogP contribution in [0.4, 0.5) is 0 Å². The van der Waals surface area contributed by atoms with Crippen molar-refractivity contribution in [1.82, 2.24) is 19.5 Å². The van der Waals surface area contributed by atoms with Gasteiger partial charge in [-0.25, -0.2) is 9.50 Å². The molecule has 6 nitrogen and oxygen atoms in total. The minimum absolute atomic E-state index is 0.0459. The molecule has 1 amide bonds. The molecule has 3 heterocycles. The normalized spacial score (nSPS) is 29.2. The standard InChI is InChI=1S/C19H26N4O2/c1-4-19(25)7-5-6-14-10-22(11-15(14)19)18(24)16-9-17-20-12(2)8-13(3)23(17)21-16/h8-9,14-15,25H,4-7,10-11H2,1-3H3/t14-,15+,19-/m0/s1. The van der Waals surface area contributed by atoms with Gasteiger partial charge < -0.3 is 10.0 Å². The van der Waals surface area contributed by atoms with E-state index in [9.17, 15) is 9.90 Å². The fourth-order valence-electron chi connectivity index (χ4n) is 4.79. The number of hydrogen-bond acceptors (Lipinski definition) is 4. The molecule has 1 aliphatic carbocycles. The zero-order chi connectivity index (χ0) is 17.8. The Morgan fingerprint density at radius 3 is 2.92 bits per heavy atom. The van der Waals surface area contributed by atoms with Gasteiger partial charge in [-0.05, 0) is 45.1 Å². The van der Waals surface area contributed by atoms with Gasteiger partial charge in [0, 0.05) is 36.5 Å². The van der Waals surface area contributed by atoms with Crippen molar-refractivity contribution in [3.8, 4) is 0 Å². The van der Waals surface area contributed by atoms with Crippen LogP contribution in [-0.4, -0.2) is 49.2 Å². The molecule has 2 aromatic rings. The monoisotopic (exact) mass is 342 g/mol. The molecule has 0 aromatic carbocycles. The summed E-state index contributed by atoms with van der Waals surface area (Å²) in [5.74, 6) is 0.548. The van der Waals surface area contributed by atoms with Crippen LogP contribution < -0.4 is 0 Å². The maximum absolute atomic E-state index is 13.0. The molecule has 2 aromatic heterocycles. The number of carbonyl (C=O) groups excluding carboxylic acids is 1. The number of nitrogens with zero attached hydrogens (tertiary/aromatic N) is 4. The zero-order valence-electron chi connectivity index (χ0n) is 15.2. The van der Waals surface area contributed by atoms with Gasteiger partial charge in [0.15, 0.2) is 11.3 Å². The van der Waals surface area contributed by atoms with Crippen molar-refractivity contribution >= 4 is 11.6 Å². The molecular formula is C19H26N4O2. The fourth-order valence-corrected chi connectivity index (χ4v) is 4.79. The minimum atomic E-state index is -0.619. The van der Waals surface area contributed by atoms with Crippen molar-refractivity contribution in [2.45, 2.75) is 52.1 Å². The van der Waals surface area contributed by atoms with Gasteiger partial charge in [-0.15, -0.1) is 0 Å². The summed E-state index contributed by atoms with van der Waals surface area (Å²) in [5, 5.41) is 15.4. The number of aliphatic hydroxyl groups is 1. The molecule has 1 N–H and O–H groups in total. The highest BCUT2D eigenvalue weighted by Crippen LogP contribution is 2.44. The predicted octanol–water partition coefficient (Wildman–Crippen LogP) is 2.36. The van der Waals surface area contributed by atoms with Crippen molar-refractivity contribution in [2.75, 3.05) is 13.1 Å². The van der Waals surface area contributed by atoms with Crippen LogP contribution in [0.15, 0.2) is 12.1 Å². The molecule has 134 valence electrons. The van der Waals surface area contributed by atoms with E-state index in [1.807, 2.05) is 31.7 Å². The van der Waals surface area contributed by atoms with Crippen LogP contribution in [0.1, 0.15) is 54.5 Å². The summed E-state index contributed by atoms with van der Waals surface area (Å²) in [5.41, 5.74) is 2.43. The van der Waals surface area contributed by atoms with E-state index in [0.717, 1.165) is 43.6 Å². The van der Waals surface area contributed by atoms with Crippen molar-refractivity contribution in [1.29, 1.82) is 0 Å². The molecule has 6 heteroatoms. The molecule has 0 unspecified atom stereocenters. The van der Waals surface area contributed by atoms with E-state index in [4.69, 9.17) is 0 Å². The highest BCUT2D eigenvalue weighted by atomic mass is 16.3. The van der Waals surface area contributed by atoms with Crippen molar-refractivity contribution in [3.05, 3.63) is 29.2 Å². The fraction of sp³-hybridized carbons (Fsp3) is 0.632. The summed E-state index contributed by atoms with van der Waals surface area (Å²) >= 11 is 0. The number of likely N-dealkylation sites (tertiary alicyclic amines) is 1. The summed E-state index contributed by atoms with van der Waals surface area (Å²) < 4.78 is 1.73. The molecule has 0 spiro atoms. The Hall–Kier alpha value is -1.95. The van der Waals surface area contributed by atoms with Crippen LogP contribution in [0.2, 0.25) is 0 Å². The Kier molecular flexibility index (Phi) is 3.83. The van der Waals surface area contributed by atoms with Crippen LogP contribution in [0, 0.1) is 25.7 Å². The average Bonchev–Trinajstić information content (AvgIpc) is 3.19. The van der Waals surface area contributed by atoms with Crippen LogP contribution in [0.25, 0.3) is 5.65 Å². The second-order valence-electron chi connectivity index (χ2n) is 7.76. The number of aromatic nitrogens is 3. The average molecular weight is 342 g/mol. The summed E-state index contributed by atoms with van der Waals surface area (Å²) in [6.45, 7) is 7.32. The van der Waals surface area contributed by atoms with Crippen LogP contribution in [0.5, 0.6) is 0 Å². The van der Waals surface area contributed by atoms with Gasteiger partial charge in [-0.3, -0.25) is 4.79 Å². The van der Waals surface area contributed by atoms with Crippen molar-refractivity contribution in [2.24, 2.45) is 11.8 Å². The zero-order valence-corrected chi connectivity index (χ0v) is 15.2. The SMILES string of the molecule is CC[C@]1(O)CCC[C@H]2CN(C(=O)c3cc4nc(C)cc(C)n4n3)C[C@H]21. The third-order valence-corrected chi connectivity index (χ3v) is 6.17. The van der Waals surface area contributed by atoms with E-state index in [1.54, 1.807) is 10.6 Å². The second kappa shape index (κ2) is 5.80. The van der Waals surface area contributed by atoms with Crippen molar-refractivity contribution in [3.63, 3.8) is 0 Å². The van der Waals surface area contributed by atoms with Crippen molar-refractivity contribution < 1.29 is 9.90 Å². The highest BCUT2D eigenvalue weighted by molar-refractivity contribution is 5.93. The molecule has 2 aliphatic rings. The number of aryl methyl sites for hydroxylation is 2. The summed E-state index contributed by atoms with van der Waals surface area (Å²) in [6, 6.07) is 3.73. The lowest BCUT2D eigenvalue weighted by molar-refractivity contribution is -0.0609. The van der Waals surface area contributed by atoms with Gasteiger partial charge >= 0.3 is 0 Å². The molecule has 0 bridgehead atoms. The Bertz CT molecular complexity index is 830. The first kappa shape index (κ1) is 16.5. The van der Waals surface area contributed by atoms with Crippen LogP contribution >= 0.6 is 0 Å². The summed E-state index contributed by atoms with van der Waals surface area (Å²) in [6.07, 6.45) is 3.75. The lowest BCUT2D eigenvalue weighted by atomic mass is 9.69. The number of rotatable bonds is 2. The number of carbonyl (C=O) groups is 1. The van der Waals surface area contributed by atoms with Crippen LogP contribution in [-0.2, 0) is 0 Å². The number of amides is 1. The molecular weight excluding hydrogens is 316 g/mol. The second-order valence-corrected chi connectivity index (χ2v) is 7.76. The maximum Gasteiger partial charge on any atom is 0.274 e. The highest BCUT2D eigenvalue weighted by Gasteiger charge is 2.49. The minimum Gasteiger partial charge on any atom is -0.390 e. The first-order chi connectivity index (χ1) is 11.9. The molecule has 1 aliphatic heterocycles. The molecule has 0 radical (unpaired) electrons. The Morgan fingerprint density at radius 2 is 2.16 bits per heavy atom. The molecule has 25 heavy (non-hydrogen) atoms. The third kappa shape index (κ3) is 2.63. The first-order valence-corrected chi connectivity index (χ1v) is 9.27. The van der Waals surface area contributed by atoms with Gasteiger partial charge in [-0.1, -0.05) is 13.3 Å². The Balaban J connectivity index is 1.61. The molecule has 2 fully saturated rings. The lowest BCUT2D eigenvalue weighted by Crippen LogP contribution is -2.44. The van der Waals surface area contributed by atoms with E-state index in [2.05, 4.69) is 10.1 Å². The first-order valence-electron chi connectivity index (χ1n) is 9.27. The van der Waals surface area contributed by atoms with Gasteiger partial charge in [0.2, 0.25) is 0 Å². The van der Waals surface area contributed by atoms with Crippen LogP contribution in [0.3, 0.4) is 0 Å². The van der Waals surface area contributed by atoms with Gasteiger partial charge in [0.1, 0.15) is 0 Å². The van der Waals surface area contributed by atoms with Gasteiger partial charge in [0.05, 0.1) is 5.60 Å². The molecule has 1 saturated carbocycles. The van der Waals surface area contributed by atoms with E-state index in [1.165, 1.54) is 0 Å². The van der Waals surface area contributed by atoms with Gasteiger partial charge in [0.25, 0.3) is 5.91 Å². The van der Waals surface area contributed by atoms with E-state index in [-0.39, 0.29) is 11.8 Å². The van der Waals surface area contributed by atoms with E-state index < -0.39 is 5.60 Å². The summed E-state index contributed by atoms with van der Waals surface area (Å²) in [4.78, 5) is 19.3. The lowest BCUT2D eigenvalue weighted by Gasteiger charge is -2.40. The van der Waals surface area contributed by atoms with Gasteiger partial charge in [-0.2, -0.15) is 5.10 Å². The third-order valence-electron chi connectivity index (χ3n) is 6.17. The molecule has 4 rings (SSSR count). The molecule has 3 atom stereocenters. The molecule has 1 saturated heterocycles. The quantitative estimate of drug-likeness (QED) is 0.909. The Morgan fingerprint density at radius 1 is 1.36 bits per heavy atom. The number of fused-ring (bicyclic) bond motifs is 2. The smallest absolute Gasteiger partial charge is 0.274 e. The topological polar surface area (TPSA) is 70.7 Å². The number of hydrogen-bond donors (Lipinski definition) is 1. The van der Waals surface area contributed by atoms with E-state index >= 15 is 0 Å². The Labute approximate surface area is 147 Å². The maximum atomic E-state index is 13.0. The predicted molar refractivity (Wildman–Crippen MR) is 94.4 cm³/mol.